The van der Waals surface area contributed by atoms with Crippen LogP contribution in [-0.4, -0.2) is 48.0 Å². The molecule has 0 bridgehead atoms. The van der Waals surface area contributed by atoms with Gasteiger partial charge in [0.2, 0.25) is 0 Å². The van der Waals surface area contributed by atoms with E-state index >= 15 is 0 Å². The molecule has 3 atom stereocenters. The molecule has 1 N–H and O–H groups in total. The third kappa shape index (κ3) is 3.94. The first kappa shape index (κ1) is 13.3. The zero-order valence-corrected chi connectivity index (χ0v) is 11.1. The van der Waals surface area contributed by atoms with Crippen molar-refractivity contribution in [1.29, 1.82) is 0 Å². The van der Waals surface area contributed by atoms with E-state index in [4.69, 9.17) is 4.74 Å². The first-order valence-electron chi connectivity index (χ1n) is 7.31. The molecule has 17 heavy (non-hydrogen) atoms. The maximum absolute atomic E-state index is 9.24. The molecule has 0 aromatic heterocycles. The van der Waals surface area contributed by atoms with E-state index in [2.05, 4.69) is 4.90 Å². The van der Waals surface area contributed by atoms with E-state index in [-0.39, 0.29) is 6.10 Å². The summed E-state index contributed by atoms with van der Waals surface area (Å²) in [6, 6.07) is 0.684. The van der Waals surface area contributed by atoms with Crippen LogP contribution >= 0.6 is 0 Å². The van der Waals surface area contributed by atoms with E-state index in [0.717, 1.165) is 26.0 Å². The number of unbranched alkanes of at least 4 members (excludes halogenated alkanes) is 1. The predicted molar refractivity (Wildman–Crippen MR) is 69.1 cm³/mol. The molecular weight excluding hydrogens is 214 g/mol. The standard InChI is InChI=1S/C14H27NO2/c1-12(16)6-4-5-9-15-10-11-17-14-8-3-2-7-13(14)15/h12-14,16H,2-11H2,1H3. The summed E-state index contributed by atoms with van der Waals surface area (Å²) >= 11 is 0. The van der Waals surface area contributed by atoms with Crippen LogP contribution in [0.25, 0.3) is 0 Å². The number of hydrogen-bond acceptors (Lipinski definition) is 3. The lowest BCUT2D eigenvalue weighted by Gasteiger charge is -2.44. The molecule has 3 unspecified atom stereocenters. The molecule has 1 aliphatic carbocycles. The van der Waals surface area contributed by atoms with Gasteiger partial charge in [0.05, 0.1) is 18.8 Å². The van der Waals surface area contributed by atoms with Gasteiger partial charge in [0.25, 0.3) is 0 Å². The summed E-state index contributed by atoms with van der Waals surface area (Å²) in [5, 5.41) is 9.24. The number of aliphatic hydroxyl groups is 1. The van der Waals surface area contributed by atoms with Crippen LogP contribution in [0.15, 0.2) is 0 Å². The van der Waals surface area contributed by atoms with Crippen molar-refractivity contribution in [3.63, 3.8) is 0 Å². The third-order valence-electron chi connectivity index (χ3n) is 4.16. The van der Waals surface area contributed by atoms with Crippen LogP contribution in [0, 0.1) is 0 Å². The van der Waals surface area contributed by atoms with Gasteiger partial charge in [0.1, 0.15) is 0 Å². The van der Waals surface area contributed by atoms with Crippen LogP contribution in [0.2, 0.25) is 0 Å². The summed E-state index contributed by atoms with van der Waals surface area (Å²) in [4.78, 5) is 2.63. The number of ether oxygens (including phenoxy) is 1. The van der Waals surface area contributed by atoms with Crippen LogP contribution < -0.4 is 0 Å². The third-order valence-corrected chi connectivity index (χ3v) is 4.16. The molecule has 0 amide bonds. The zero-order chi connectivity index (χ0) is 12.1. The molecule has 2 aliphatic rings. The average Bonchev–Trinajstić information content (AvgIpc) is 2.34. The Balaban J connectivity index is 1.71. The number of morpholine rings is 1. The van der Waals surface area contributed by atoms with E-state index in [1.54, 1.807) is 0 Å². The fourth-order valence-corrected chi connectivity index (χ4v) is 3.21. The highest BCUT2D eigenvalue weighted by Gasteiger charge is 2.33. The smallest absolute Gasteiger partial charge is 0.0730 e. The Kier molecular flexibility index (Phi) is 5.26. The molecule has 1 aliphatic heterocycles. The van der Waals surface area contributed by atoms with E-state index in [1.165, 1.54) is 38.6 Å². The van der Waals surface area contributed by atoms with Gasteiger partial charge in [-0.05, 0) is 45.6 Å². The second kappa shape index (κ2) is 6.72. The van der Waals surface area contributed by atoms with Gasteiger partial charge in [0, 0.05) is 12.6 Å². The Bertz CT molecular complexity index is 218. The molecule has 1 saturated heterocycles. The summed E-state index contributed by atoms with van der Waals surface area (Å²) in [5.74, 6) is 0. The summed E-state index contributed by atoms with van der Waals surface area (Å²) in [5.41, 5.74) is 0. The number of hydrogen-bond donors (Lipinski definition) is 1. The number of nitrogens with zero attached hydrogens (tertiary/aromatic N) is 1. The van der Waals surface area contributed by atoms with Crippen LogP contribution in [-0.2, 0) is 4.74 Å². The van der Waals surface area contributed by atoms with Crippen molar-refractivity contribution < 1.29 is 9.84 Å². The van der Waals surface area contributed by atoms with Crippen molar-refractivity contribution >= 4 is 0 Å². The molecule has 2 fully saturated rings. The van der Waals surface area contributed by atoms with Crippen molar-refractivity contribution in [3.05, 3.63) is 0 Å². The maximum Gasteiger partial charge on any atom is 0.0730 e. The van der Waals surface area contributed by atoms with Gasteiger partial charge >= 0.3 is 0 Å². The van der Waals surface area contributed by atoms with Crippen molar-refractivity contribution in [1.82, 2.24) is 4.90 Å². The molecule has 0 aromatic carbocycles. The van der Waals surface area contributed by atoms with Gasteiger partial charge in [0.15, 0.2) is 0 Å². The fourth-order valence-electron chi connectivity index (χ4n) is 3.21. The lowest BCUT2D eigenvalue weighted by atomic mass is 9.90. The van der Waals surface area contributed by atoms with E-state index in [1.807, 2.05) is 6.92 Å². The number of rotatable bonds is 5. The molecule has 3 heteroatoms. The van der Waals surface area contributed by atoms with Crippen molar-refractivity contribution in [2.45, 2.75) is 70.1 Å². The molecule has 3 nitrogen and oxygen atoms in total. The van der Waals surface area contributed by atoms with Crippen LogP contribution in [0.3, 0.4) is 0 Å². The van der Waals surface area contributed by atoms with Crippen LogP contribution in [0.4, 0.5) is 0 Å². The van der Waals surface area contributed by atoms with Crippen LogP contribution in [0.1, 0.15) is 51.9 Å². The highest BCUT2D eigenvalue weighted by molar-refractivity contribution is 4.87. The molecular formula is C14H27NO2. The Morgan fingerprint density at radius 1 is 1.29 bits per heavy atom. The van der Waals surface area contributed by atoms with E-state index < -0.39 is 0 Å². The fraction of sp³-hybridized carbons (Fsp3) is 1.00. The summed E-state index contributed by atoms with van der Waals surface area (Å²) in [6.07, 6.45) is 8.97. The Morgan fingerprint density at radius 3 is 2.94 bits per heavy atom. The molecule has 0 aromatic rings. The maximum atomic E-state index is 9.24. The Morgan fingerprint density at radius 2 is 2.12 bits per heavy atom. The van der Waals surface area contributed by atoms with Gasteiger partial charge in [-0.25, -0.2) is 0 Å². The average molecular weight is 241 g/mol. The Hall–Kier alpha value is -0.120. The highest BCUT2D eigenvalue weighted by atomic mass is 16.5. The van der Waals surface area contributed by atoms with Gasteiger partial charge < -0.3 is 9.84 Å². The molecule has 1 heterocycles. The van der Waals surface area contributed by atoms with Crippen LogP contribution in [0.5, 0.6) is 0 Å². The minimum Gasteiger partial charge on any atom is -0.393 e. The normalized spacial score (nSPS) is 32.1. The topological polar surface area (TPSA) is 32.7 Å². The quantitative estimate of drug-likeness (QED) is 0.749. The summed E-state index contributed by atoms with van der Waals surface area (Å²) in [7, 11) is 0. The minimum absolute atomic E-state index is 0.137. The highest BCUT2D eigenvalue weighted by Crippen LogP contribution is 2.28. The van der Waals surface area contributed by atoms with E-state index in [9.17, 15) is 5.11 Å². The van der Waals surface area contributed by atoms with Gasteiger partial charge in [-0.15, -0.1) is 0 Å². The molecule has 0 spiro atoms. The first-order chi connectivity index (χ1) is 8.27. The lowest BCUT2D eigenvalue weighted by Crippen LogP contribution is -2.52. The number of fused-ring (bicyclic) bond motifs is 1. The van der Waals surface area contributed by atoms with Gasteiger partial charge in [-0.2, -0.15) is 0 Å². The van der Waals surface area contributed by atoms with Gasteiger partial charge in [-0.3, -0.25) is 4.90 Å². The van der Waals surface area contributed by atoms with E-state index in [0.29, 0.717) is 12.1 Å². The molecule has 1 saturated carbocycles. The second-order valence-corrected chi connectivity index (χ2v) is 5.64. The molecule has 2 rings (SSSR count). The Labute approximate surface area is 105 Å². The van der Waals surface area contributed by atoms with Gasteiger partial charge in [-0.1, -0.05) is 12.8 Å². The second-order valence-electron chi connectivity index (χ2n) is 5.64. The molecule has 100 valence electrons. The summed E-state index contributed by atoms with van der Waals surface area (Å²) < 4.78 is 5.87. The minimum atomic E-state index is -0.137. The summed E-state index contributed by atoms with van der Waals surface area (Å²) in [6.45, 7) is 5.09. The van der Waals surface area contributed by atoms with Crippen molar-refractivity contribution in [3.8, 4) is 0 Å². The van der Waals surface area contributed by atoms with Crippen molar-refractivity contribution in [2.75, 3.05) is 19.7 Å². The first-order valence-corrected chi connectivity index (χ1v) is 7.31. The molecule has 0 radical (unpaired) electrons. The predicted octanol–water partition coefficient (Wildman–Crippen LogP) is 2.18. The monoisotopic (exact) mass is 241 g/mol. The zero-order valence-electron chi connectivity index (χ0n) is 11.1. The van der Waals surface area contributed by atoms with Crippen molar-refractivity contribution in [2.24, 2.45) is 0 Å². The lowest BCUT2D eigenvalue weighted by molar-refractivity contribution is -0.0883. The SMILES string of the molecule is CC(O)CCCCN1CCOC2CCCCC21. The number of aliphatic hydroxyl groups excluding tert-OH is 1. The largest absolute Gasteiger partial charge is 0.393 e.